The Morgan fingerprint density at radius 1 is 0.385 bits per heavy atom. The molecule has 7 rings (SSSR count). The van der Waals surface area contributed by atoms with E-state index >= 15 is 0 Å². The first-order valence-corrected chi connectivity index (χ1v) is 26.9. The fraction of sp³-hybridized carbons (Fsp3) is 0.105. The van der Waals surface area contributed by atoms with E-state index in [-0.39, 0.29) is 15.3 Å². The van der Waals surface area contributed by atoms with Gasteiger partial charge in [-0.15, -0.1) is 0 Å². The first-order valence-electron chi connectivity index (χ1n) is 20.8. The zero-order chi connectivity index (χ0) is 45.6. The molecular weight excluding hydrogens is 984 g/mol. The minimum Gasteiger partial charge on any atom is -0.288 e. The summed E-state index contributed by atoms with van der Waals surface area (Å²) < 4.78 is 1.16. The summed E-state index contributed by atoms with van der Waals surface area (Å²) in [6.45, 7) is 4.77. The quantitative estimate of drug-likeness (QED) is 0.0589. The molecule has 0 fully saturated rings. The number of rotatable bonds is 10. The lowest BCUT2D eigenvalue weighted by Gasteiger charge is -2.34. The van der Waals surface area contributed by atoms with Crippen molar-refractivity contribution in [2.75, 3.05) is 0 Å². The predicted octanol–water partition coefficient (Wildman–Crippen LogP) is 10.2. The van der Waals surface area contributed by atoms with Gasteiger partial charge in [-0.05, 0) is 145 Å². The summed E-state index contributed by atoms with van der Waals surface area (Å²) in [6, 6.07) is 59.3. The molecule has 318 valence electrons. The Bertz CT molecular complexity index is 2740. The van der Waals surface area contributed by atoms with Gasteiger partial charge in [0.1, 0.15) is 0 Å². The highest BCUT2D eigenvalue weighted by Gasteiger charge is 2.41. The van der Waals surface area contributed by atoms with Crippen molar-refractivity contribution in [3.63, 3.8) is 0 Å². The van der Waals surface area contributed by atoms with Gasteiger partial charge in [0, 0.05) is 75.0 Å². The third kappa shape index (κ3) is 13.2. The van der Waals surface area contributed by atoms with Gasteiger partial charge in [-0.3, -0.25) is 14.4 Å². The van der Waals surface area contributed by atoms with E-state index in [0.717, 1.165) is 53.6 Å². The first kappa shape index (κ1) is 47.2. The van der Waals surface area contributed by atoms with Crippen molar-refractivity contribution in [1.82, 2.24) is 0 Å². The van der Waals surface area contributed by atoms with Crippen LogP contribution in [0.2, 0.25) is 0 Å². The van der Waals surface area contributed by atoms with E-state index in [1.807, 2.05) is 72.8 Å². The Hall–Kier alpha value is -5.77. The van der Waals surface area contributed by atoms with Gasteiger partial charge in [-0.2, -0.15) is 0 Å². The molecule has 65 heavy (non-hydrogen) atoms. The Balaban J connectivity index is 1.29. The van der Waals surface area contributed by atoms with Crippen LogP contribution in [0.3, 0.4) is 0 Å². The average molecular weight is 1030 g/mol. The summed E-state index contributed by atoms with van der Waals surface area (Å²) >= 11 is 6.27. The van der Waals surface area contributed by atoms with E-state index < -0.39 is 8.07 Å². The number of carbonyl (C=O) groups is 3. The fourth-order valence-electron chi connectivity index (χ4n) is 7.32. The van der Waals surface area contributed by atoms with Gasteiger partial charge in [0.25, 0.3) is 0 Å². The zero-order valence-electron chi connectivity index (χ0n) is 36.1. The van der Waals surface area contributed by atoms with Crippen LogP contribution in [0.25, 0.3) is 0 Å². The predicted molar refractivity (Wildman–Crippen MR) is 286 cm³/mol. The summed E-state index contributed by atoms with van der Waals surface area (Å²) in [5.74, 6) is 22.1. The Kier molecular flexibility index (Phi) is 16.6. The van der Waals surface area contributed by atoms with Gasteiger partial charge in [-0.25, -0.2) is 0 Å². The maximum Gasteiger partial charge on any atom is 0.186 e. The second-order valence-electron chi connectivity index (χ2n) is 15.2. The van der Waals surface area contributed by atoms with E-state index in [2.05, 4.69) is 155 Å². The van der Waals surface area contributed by atoms with Crippen molar-refractivity contribution < 1.29 is 14.4 Å². The molecule has 3 nitrogen and oxygen atoms in total. The number of benzene rings is 7. The molecule has 7 aromatic carbocycles. The van der Waals surface area contributed by atoms with Crippen LogP contribution in [0.1, 0.15) is 70.8 Å². The molecule has 0 heterocycles. The Morgan fingerprint density at radius 2 is 0.646 bits per heavy atom. The molecule has 0 radical (unpaired) electrons. The smallest absolute Gasteiger partial charge is 0.186 e. The van der Waals surface area contributed by atoms with Crippen molar-refractivity contribution in [1.29, 1.82) is 0 Å². The van der Waals surface area contributed by atoms with Gasteiger partial charge in [0.2, 0.25) is 0 Å². The van der Waals surface area contributed by atoms with Crippen LogP contribution < -0.4 is 20.7 Å². The monoisotopic (exact) mass is 1030 g/mol. The second-order valence-corrected chi connectivity index (χ2v) is 23.7. The highest BCUT2D eigenvalue weighted by atomic mass is 127. The minimum absolute atomic E-state index is 0.0974. The molecule has 0 amide bonds. The molecule has 0 saturated heterocycles. The summed E-state index contributed by atoms with van der Waals surface area (Å²) in [4.78, 5) is 34.7. The minimum atomic E-state index is -2.97. The number of hydrogen-bond acceptors (Lipinski definition) is 6. The third-order valence-corrected chi connectivity index (χ3v) is 18.6. The van der Waals surface area contributed by atoms with Crippen molar-refractivity contribution in [3.05, 3.63) is 223 Å². The maximum atomic E-state index is 11.6. The Morgan fingerprint density at radius 3 is 0.923 bits per heavy atom. The molecule has 0 spiro atoms. The average Bonchev–Trinajstić information content (AvgIpc) is 3.32. The van der Waals surface area contributed by atoms with Crippen LogP contribution in [0.5, 0.6) is 0 Å². The summed E-state index contributed by atoms with van der Waals surface area (Å²) in [6.07, 6.45) is 0. The van der Waals surface area contributed by atoms with Gasteiger partial charge >= 0.3 is 0 Å². The van der Waals surface area contributed by atoms with E-state index in [0.29, 0.717) is 17.3 Å². The van der Waals surface area contributed by atoms with E-state index in [9.17, 15) is 14.4 Å². The van der Waals surface area contributed by atoms with Crippen LogP contribution in [-0.2, 0) is 31.6 Å². The van der Waals surface area contributed by atoms with Gasteiger partial charge in [0.15, 0.2) is 23.4 Å². The van der Waals surface area contributed by atoms with Gasteiger partial charge in [-0.1, -0.05) is 156 Å². The molecule has 0 aliphatic rings. The van der Waals surface area contributed by atoms with Crippen molar-refractivity contribution in [3.8, 4) is 35.5 Å². The molecule has 0 atom stereocenters. The first-order chi connectivity index (χ1) is 31.5. The molecule has 8 heteroatoms. The van der Waals surface area contributed by atoms with Gasteiger partial charge in [0.05, 0.1) is 0 Å². The topological polar surface area (TPSA) is 51.2 Å². The lowest BCUT2D eigenvalue weighted by atomic mass is 10.1. The summed E-state index contributed by atoms with van der Waals surface area (Å²) in [5, 5.41) is 5.18. The summed E-state index contributed by atoms with van der Waals surface area (Å²) in [7, 11) is -2.97. The number of carbonyl (C=O) groups excluding carboxylic acids is 3. The molecule has 0 bridgehead atoms. The number of thioether (sulfide) groups is 3. The lowest BCUT2D eigenvalue weighted by molar-refractivity contribution is -0.109. The van der Waals surface area contributed by atoms with Crippen molar-refractivity contribution in [2.24, 2.45) is 0 Å². The molecule has 0 aromatic heterocycles. The van der Waals surface area contributed by atoms with Crippen molar-refractivity contribution >= 4 is 102 Å². The molecule has 7 aromatic rings. The van der Waals surface area contributed by atoms with Crippen LogP contribution >= 0.6 is 57.9 Å². The molecule has 0 aliphatic heterocycles. The van der Waals surface area contributed by atoms with Crippen LogP contribution in [0, 0.1) is 39.1 Å². The Labute approximate surface area is 410 Å². The van der Waals surface area contributed by atoms with E-state index in [1.54, 1.807) is 20.8 Å². The zero-order valence-corrected chi connectivity index (χ0v) is 41.7. The largest absolute Gasteiger partial charge is 0.288 e. The maximum absolute atomic E-state index is 11.6. The number of hydrogen-bond donors (Lipinski definition) is 0. The third-order valence-electron chi connectivity index (χ3n) is 10.4. The molecule has 0 unspecified atom stereocenters. The van der Waals surface area contributed by atoms with Crippen LogP contribution in [-0.4, -0.2) is 23.4 Å². The highest BCUT2D eigenvalue weighted by Crippen LogP contribution is 2.18. The van der Waals surface area contributed by atoms with Crippen LogP contribution in [0.4, 0.5) is 0 Å². The van der Waals surface area contributed by atoms with Crippen LogP contribution in [0.15, 0.2) is 170 Å². The fourth-order valence-corrected chi connectivity index (χ4v) is 14.0. The standard InChI is InChI=1S/C57H43IO3S3Si/c1-41(59)62-38-50-10-4-7-47(35-50)16-13-44-19-27-54(28-20-44)65(57-33-25-53(58)26-34-57,55-29-21-45(22-30-55)14-17-48-8-5-11-51(36-48)39-63-42(2)60)56-31-23-46(24-32-56)15-18-49-9-6-12-52(37-49)40-64-43(3)61/h4-12,19-37H,38-40H2,1-3H3. The van der Waals surface area contributed by atoms with E-state index in [1.165, 1.54) is 56.0 Å². The van der Waals surface area contributed by atoms with Crippen molar-refractivity contribution in [2.45, 2.75) is 38.0 Å². The lowest BCUT2D eigenvalue weighted by Crippen LogP contribution is -2.74. The summed E-state index contributed by atoms with van der Waals surface area (Å²) in [5.41, 5.74) is 8.65. The highest BCUT2D eigenvalue weighted by molar-refractivity contribution is 14.1. The van der Waals surface area contributed by atoms with E-state index in [4.69, 9.17) is 0 Å². The molecular formula is C57H43IO3S3Si. The SMILES string of the molecule is CC(=O)SCc1cccc(C#Cc2ccc([Si](c3ccc(I)cc3)(c3ccc(C#Cc4cccc(CSC(C)=O)c4)cc3)c3ccc(C#Cc4cccc(CSC(C)=O)c4)cc3)cc2)c1. The normalized spacial score (nSPS) is 10.6. The second kappa shape index (κ2) is 22.9. The number of halogens is 1. The molecule has 0 N–H and O–H groups in total. The molecule has 0 aliphatic carbocycles. The molecule has 0 saturated carbocycles. The van der Waals surface area contributed by atoms with Gasteiger partial charge < -0.3 is 0 Å².